The zero-order valence-corrected chi connectivity index (χ0v) is 17.2. The fraction of sp³-hybridized carbons (Fsp3) is 0.636. The lowest BCUT2D eigenvalue weighted by Crippen LogP contribution is -2.33. The van der Waals surface area contributed by atoms with Crippen LogP contribution in [0, 0.1) is 0 Å². The number of ketones is 1. The molecule has 2 heterocycles. The molecule has 1 aromatic rings. The minimum atomic E-state index is -1.36. The van der Waals surface area contributed by atoms with Gasteiger partial charge in [-0.25, -0.2) is 4.79 Å². The summed E-state index contributed by atoms with van der Waals surface area (Å²) in [6.07, 6.45) is 1.04. The van der Waals surface area contributed by atoms with E-state index in [4.69, 9.17) is 18.9 Å². The molecule has 5 atom stereocenters. The number of hydrogen-bond donors (Lipinski definition) is 2. The Bertz CT molecular complexity index is 704. The lowest BCUT2D eigenvalue weighted by atomic mass is 10.1. The van der Waals surface area contributed by atoms with E-state index in [9.17, 15) is 19.8 Å². The van der Waals surface area contributed by atoms with Crippen LogP contribution in [-0.4, -0.2) is 65.9 Å². The van der Waals surface area contributed by atoms with Crippen molar-refractivity contribution >= 4 is 11.8 Å². The molecule has 8 nitrogen and oxygen atoms in total. The predicted molar refractivity (Wildman–Crippen MR) is 106 cm³/mol. The zero-order valence-electron chi connectivity index (χ0n) is 17.2. The Balaban J connectivity index is 1.17. The van der Waals surface area contributed by atoms with Crippen LogP contribution in [0.2, 0.25) is 0 Å². The minimum Gasteiger partial charge on any atom is -0.494 e. The molecule has 2 saturated heterocycles. The third kappa shape index (κ3) is 5.78. The van der Waals surface area contributed by atoms with Crippen LogP contribution in [0.3, 0.4) is 0 Å². The number of carbonyl (C=O) groups excluding carboxylic acids is 2. The molecule has 166 valence electrons. The summed E-state index contributed by atoms with van der Waals surface area (Å²) in [5.41, 5.74) is 0.684. The summed E-state index contributed by atoms with van der Waals surface area (Å²) in [5.74, 6) is 0.0597. The van der Waals surface area contributed by atoms with Crippen LogP contribution >= 0.6 is 0 Å². The number of ether oxygens (including phenoxy) is 4. The highest BCUT2D eigenvalue weighted by Crippen LogP contribution is 2.32. The van der Waals surface area contributed by atoms with E-state index in [1.54, 1.807) is 19.1 Å². The number of Topliss-reactive ketones (excluding diaryl/α,β-unsaturated/α-hetero) is 1. The lowest BCUT2D eigenvalue weighted by molar-refractivity contribution is -0.187. The second kappa shape index (κ2) is 10.9. The Labute approximate surface area is 176 Å². The first-order valence-corrected chi connectivity index (χ1v) is 10.5. The van der Waals surface area contributed by atoms with Gasteiger partial charge in [-0.3, -0.25) is 4.79 Å². The molecule has 2 aliphatic heterocycles. The van der Waals surface area contributed by atoms with Crippen molar-refractivity contribution in [3.8, 4) is 5.75 Å². The Morgan fingerprint density at radius 1 is 0.967 bits per heavy atom. The number of aliphatic hydroxyl groups excluding tert-OH is 2. The van der Waals surface area contributed by atoms with Gasteiger partial charge >= 0.3 is 5.97 Å². The second-order valence-corrected chi connectivity index (χ2v) is 7.73. The summed E-state index contributed by atoms with van der Waals surface area (Å²) in [6, 6.07) is 7.19. The van der Waals surface area contributed by atoms with E-state index in [2.05, 4.69) is 0 Å². The van der Waals surface area contributed by atoms with Gasteiger partial charge in [0.1, 0.15) is 18.0 Å². The first kappa shape index (κ1) is 22.7. The van der Waals surface area contributed by atoms with Crippen LogP contribution in [0.5, 0.6) is 5.75 Å². The highest BCUT2D eigenvalue weighted by atomic mass is 16.7. The van der Waals surface area contributed by atoms with Crippen molar-refractivity contribution in [1.29, 1.82) is 0 Å². The summed E-state index contributed by atoms with van der Waals surface area (Å²) in [6.45, 7) is 2.63. The third-order valence-corrected chi connectivity index (χ3v) is 5.39. The van der Waals surface area contributed by atoms with E-state index in [-0.39, 0.29) is 5.78 Å². The molecular formula is C22H30O8. The maximum atomic E-state index is 11.2. The molecule has 2 fully saturated rings. The van der Waals surface area contributed by atoms with Crippen molar-refractivity contribution in [2.24, 2.45) is 0 Å². The Hall–Kier alpha value is -2.00. The molecule has 8 heteroatoms. The predicted octanol–water partition coefficient (Wildman–Crippen LogP) is 2.00. The van der Waals surface area contributed by atoms with Gasteiger partial charge in [0.25, 0.3) is 0 Å². The first-order valence-electron chi connectivity index (χ1n) is 10.5. The fourth-order valence-electron chi connectivity index (χ4n) is 3.62. The number of rotatable bonds is 12. The van der Waals surface area contributed by atoms with Crippen molar-refractivity contribution in [3.05, 3.63) is 29.8 Å². The number of benzene rings is 1. The number of esters is 1. The van der Waals surface area contributed by atoms with Gasteiger partial charge in [0.15, 0.2) is 24.3 Å². The summed E-state index contributed by atoms with van der Waals surface area (Å²) >= 11 is 0. The zero-order chi connectivity index (χ0) is 21.5. The first-order chi connectivity index (χ1) is 14.5. The van der Waals surface area contributed by atoms with Crippen LogP contribution in [0.15, 0.2) is 24.3 Å². The largest absolute Gasteiger partial charge is 0.494 e. The van der Waals surface area contributed by atoms with Crippen molar-refractivity contribution in [2.75, 3.05) is 13.2 Å². The van der Waals surface area contributed by atoms with E-state index in [1.165, 1.54) is 0 Å². The molecule has 0 bridgehead atoms. The lowest BCUT2D eigenvalue weighted by Gasteiger charge is -2.17. The quantitative estimate of drug-likeness (QED) is 0.299. The number of carbonyl (C=O) groups is 2. The Morgan fingerprint density at radius 3 is 2.23 bits per heavy atom. The maximum Gasteiger partial charge on any atom is 0.338 e. The van der Waals surface area contributed by atoms with Crippen LogP contribution < -0.4 is 4.74 Å². The molecular weight excluding hydrogens is 392 g/mol. The van der Waals surface area contributed by atoms with Crippen LogP contribution in [0.25, 0.3) is 0 Å². The molecule has 2 aliphatic rings. The van der Waals surface area contributed by atoms with Gasteiger partial charge in [-0.1, -0.05) is 25.7 Å². The highest BCUT2D eigenvalue weighted by molar-refractivity contribution is 5.94. The minimum absolute atomic E-state index is 0.0470. The summed E-state index contributed by atoms with van der Waals surface area (Å²) in [5, 5.41) is 19.7. The summed E-state index contributed by atoms with van der Waals surface area (Å²) < 4.78 is 21.5. The molecule has 0 aliphatic carbocycles. The molecule has 0 saturated carbocycles. The van der Waals surface area contributed by atoms with Gasteiger partial charge in [0, 0.05) is 12.2 Å². The van der Waals surface area contributed by atoms with E-state index in [0.717, 1.165) is 44.3 Å². The summed E-state index contributed by atoms with van der Waals surface area (Å²) in [7, 11) is 0. The van der Waals surface area contributed by atoms with Gasteiger partial charge in [0.05, 0.1) is 6.61 Å². The van der Waals surface area contributed by atoms with Gasteiger partial charge in [-0.15, -0.1) is 0 Å². The van der Waals surface area contributed by atoms with Crippen molar-refractivity contribution in [2.45, 2.75) is 76.2 Å². The van der Waals surface area contributed by atoms with Crippen LogP contribution in [0.1, 0.15) is 55.8 Å². The molecule has 0 amide bonds. The second-order valence-electron chi connectivity index (χ2n) is 7.73. The number of unbranched alkanes of at least 4 members (excludes halogenated alkanes) is 5. The van der Waals surface area contributed by atoms with E-state index < -0.39 is 36.7 Å². The van der Waals surface area contributed by atoms with E-state index in [1.807, 2.05) is 12.1 Å². The van der Waals surface area contributed by atoms with Gasteiger partial charge < -0.3 is 29.2 Å². The molecule has 0 spiro atoms. The van der Waals surface area contributed by atoms with Crippen LogP contribution in [0.4, 0.5) is 0 Å². The standard InChI is InChI=1S/C22H30O8/c1-14(23)15-8-10-16(11-9-15)27-12-6-4-2-3-5-7-13-28-22-18(25)20-19(30-22)17(24)21(26)29-20/h8-11,17-20,22,24-25H,2-7,12-13H2,1H3/t17-,18+,19+,20+,22+/m0/s1. The number of aliphatic hydroxyl groups is 2. The SMILES string of the molecule is CC(=O)c1ccc(OCCCCCCCCO[C@@H]2O[C@H]3[C@H](OC(=O)[C@H]3O)[C@H]2O)cc1. The highest BCUT2D eigenvalue weighted by Gasteiger charge is 2.56. The normalized spacial score (nSPS) is 27.7. The molecule has 30 heavy (non-hydrogen) atoms. The topological polar surface area (TPSA) is 112 Å². The molecule has 0 unspecified atom stereocenters. The smallest absolute Gasteiger partial charge is 0.338 e. The molecule has 0 radical (unpaired) electrons. The molecule has 0 aromatic heterocycles. The molecule has 1 aromatic carbocycles. The van der Waals surface area contributed by atoms with Gasteiger partial charge in [0.2, 0.25) is 0 Å². The maximum absolute atomic E-state index is 11.2. The Morgan fingerprint density at radius 2 is 1.60 bits per heavy atom. The van der Waals surface area contributed by atoms with E-state index >= 15 is 0 Å². The monoisotopic (exact) mass is 422 g/mol. The number of fused-ring (bicyclic) bond motifs is 1. The average molecular weight is 422 g/mol. The third-order valence-electron chi connectivity index (χ3n) is 5.39. The van der Waals surface area contributed by atoms with E-state index in [0.29, 0.717) is 18.8 Å². The molecule has 3 rings (SSSR count). The van der Waals surface area contributed by atoms with Gasteiger partial charge in [-0.2, -0.15) is 0 Å². The van der Waals surface area contributed by atoms with Gasteiger partial charge in [-0.05, 0) is 44.0 Å². The number of hydrogen-bond acceptors (Lipinski definition) is 8. The Kier molecular flexibility index (Phi) is 8.21. The van der Waals surface area contributed by atoms with Crippen molar-refractivity contribution in [3.63, 3.8) is 0 Å². The van der Waals surface area contributed by atoms with Crippen molar-refractivity contribution < 1.29 is 38.7 Å². The fourth-order valence-corrected chi connectivity index (χ4v) is 3.62. The summed E-state index contributed by atoms with van der Waals surface area (Å²) in [4.78, 5) is 22.5. The molecule has 2 N–H and O–H groups in total. The van der Waals surface area contributed by atoms with Crippen molar-refractivity contribution in [1.82, 2.24) is 0 Å². The van der Waals surface area contributed by atoms with Crippen LogP contribution in [-0.2, 0) is 19.0 Å². The average Bonchev–Trinajstić information content (AvgIpc) is 3.19.